The zero-order valence-corrected chi connectivity index (χ0v) is 15.7. The monoisotopic (exact) mass is 373 g/mol. The highest BCUT2D eigenvalue weighted by atomic mass is 16.5. The van der Waals surface area contributed by atoms with Crippen LogP contribution in [0.15, 0.2) is 73.2 Å². The summed E-state index contributed by atoms with van der Waals surface area (Å²) in [5.74, 6) is 0.703. The van der Waals surface area contributed by atoms with Gasteiger partial charge >= 0.3 is 0 Å². The van der Waals surface area contributed by atoms with E-state index in [1.807, 2.05) is 35.2 Å². The zero-order chi connectivity index (χ0) is 19.2. The zero-order valence-electron chi connectivity index (χ0n) is 15.7. The van der Waals surface area contributed by atoms with Gasteiger partial charge in [-0.15, -0.1) is 0 Å². The first-order valence-corrected chi connectivity index (χ1v) is 9.63. The van der Waals surface area contributed by atoms with E-state index in [2.05, 4.69) is 34.2 Å². The molecule has 3 aromatic rings. The van der Waals surface area contributed by atoms with Gasteiger partial charge in [-0.1, -0.05) is 54.6 Å². The molecule has 1 fully saturated rings. The van der Waals surface area contributed by atoms with Crippen LogP contribution in [0.5, 0.6) is 5.88 Å². The quantitative estimate of drug-likeness (QED) is 0.683. The van der Waals surface area contributed by atoms with Crippen LogP contribution in [0.25, 0.3) is 11.1 Å². The fourth-order valence-electron chi connectivity index (χ4n) is 3.51. The summed E-state index contributed by atoms with van der Waals surface area (Å²) in [5, 5.41) is 0. The van der Waals surface area contributed by atoms with Gasteiger partial charge in [0.1, 0.15) is 12.4 Å². The summed E-state index contributed by atoms with van der Waals surface area (Å²) < 4.78 is 5.91. The Bertz CT molecular complexity index is 898. The third kappa shape index (κ3) is 4.55. The lowest BCUT2D eigenvalue weighted by molar-refractivity contribution is -0.133. The maximum absolute atomic E-state index is 12.8. The van der Waals surface area contributed by atoms with Crippen molar-refractivity contribution in [2.75, 3.05) is 13.1 Å². The molecule has 2 aromatic carbocycles. The number of rotatable bonds is 5. The second kappa shape index (κ2) is 8.65. The van der Waals surface area contributed by atoms with Gasteiger partial charge in [0.25, 0.3) is 0 Å². The largest absolute Gasteiger partial charge is 0.472 e. The van der Waals surface area contributed by atoms with Gasteiger partial charge in [-0.3, -0.25) is 4.79 Å². The van der Waals surface area contributed by atoms with Crippen LogP contribution < -0.4 is 4.74 Å². The molecule has 2 heterocycles. The van der Waals surface area contributed by atoms with Gasteiger partial charge in [0, 0.05) is 18.8 Å². The van der Waals surface area contributed by atoms with Crippen molar-refractivity contribution in [1.29, 1.82) is 0 Å². The Morgan fingerprint density at radius 3 is 2.57 bits per heavy atom. The molecule has 0 N–H and O–H groups in total. The van der Waals surface area contributed by atoms with Crippen LogP contribution >= 0.6 is 0 Å². The van der Waals surface area contributed by atoms with Crippen molar-refractivity contribution in [3.63, 3.8) is 0 Å². The van der Waals surface area contributed by atoms with Crippen molar-refractivity contribution >= 4 is 5.91 Å². The van der Waals surface area contributed by atoms with Crippen LogP contribution in [0.3, 0.4) is 0 Å². The number of aromatic nitrogens is 2. The molecule has 28 heavy (non-hydrogen) atoms. The molecule has 5 heteroatoms. The van der Waals surface area contributed by atoms with E-state index in [-0.39, 0.29) is 12.0 Å². The van der Waals surface area contributed by atoms with E-state index in [9.17, 15) is 4.79 Å². The fraction of sp³-hybridized carbons (Fsp3) is 0.261. The van der Waals surface area contributed by atoms with Gasteiger partial charge in [0.05, 0.1) is 13.0 Å². The molecule has 0 bridgehead atoms. The number of nitrogens with zero attached hydrogens (tertiary/aromatic N) is 3. The Hall–Kier alpha value is -3.21. The van der Waals surface area contributed by atoms with Gasteiger partial charge in [-0.2, -0.15) is 0 Å². The number of hydrogen-bond acceptors (Lipinski definition) is 4. The van der Waals surface area contributed by atoms with Crippen molar-refractivity contribution < 1.29 is 9.53 Å². The van der Waals surface area contributed by atoms with Crippen molar-refractivity contribution in [3.8, 4) is 17.0 Å². The lowest BCUT2D eigenvalue weighted by Gasteiger charge is -2.32. The molecule has 5 nitrogen and oxygen atoms in total. The van der Waals surface area contributed by atoms with E-state index < -0.39 is 0 Å². The van der Waals surface area contributed by atoms with E-state index in [4.69, 9.17) is 4.74 Å². The Morgan fingerprint density at radius 2 is 1.82 bits per heavy atom. The summed E-state index contributed by atoms with van der Waals surface area (Å²) in [6, 6.07) is 20.2. The van der Waals surface area contributed by atoms with Crippen molar-refractivity contribution in [2.45, 2.75) is 25.4 Å². The second-order valence-corrected chi connectivity index (χ2v) is 7.01. The summed E-state index contributed by atoms with van der Waals surface area (Å²) in [4.78, 5) is 22.7. The number of hydrogen-bond donors (Lipinski definition) is 0. The number of piperidine rings is 1. The highest BCUT2D eigenvalue weighted by molar-refractivity contribution is 5.79. The Kier molecular flexibility index (Phi) is 5.61. The van der Waals surface area contributed by atoms with Gasteiger partial charge in [-0.25, -0.2) is 9.97 Å². The Morgan fingerprint density at radius 1 is 1.04 bits per heavy atom. The lowest BCUT2D eigenvalue weighted by atomic mass is 10.0. The molecule has 0 saturated carbocycles. The molecule has 1 aromatic heterocycles. The number of benzene rings is 2. The number of likely N-dealkylation sites (tertiary alicyclic amines) is 1. The number of carbonyl (C=O) groups is 1. The molecule has 1 aliphatic heterocycles. The van der Waals surface area contributed by atoms with Crippen LogP contribution in [0.2, 0.25) is 0 Å². The minimum atomic E-state index is -0.0203. The summed E-state index contributed by atoms with van der Waals surface area (Å²) >= 11 is 0. The predicted molar refractivity (Wildman–Crippen MR) is 108 cm³/mol. The molecule has 0 radical (unpaired) electrons. The highest BCUT2D eigenvalue weighted by Gasteiger charge is 2.25. The molecule has 0 aliphatic carbocycles. The van der Waals surface area contributed by atoms with Gasteiger partial charge in [0.2, 0.25) is 11.8 Å². The molecule has 1 amide bonds. The molecule has 4 rings (SSSR count). The predicted octanol–water partition coefficient (Wildman–Crippen LogP) is 3.76. The summed E-state index contributed by atoms with van der Waals surface area (Å²) in [5.41, 5.74) is 3.37. The summed E-state index contributed by atoms with van der Waals surface area (Å²) in [6.07, 6.45) is 5.39. The van der Waals surface area contributed by atoms with Crippen molar-refractivity contribution in [3.05, 3.63) is 78.8 Å². The Labute approximate surface area is 165 Å². The summed E-state index contributed by atoms with van der Waals surface area (Å²) in [7, 11) is 0. The molecule has 1 atom stereocenters. The van der Waals surface area contributed by atoms with Gasteiger partial charge < -0.3 is 9.64 Å². The van der Waals surface area contributed by atoms with Crippen LogP contribution in [-0.4, -0.2) is 40.0 Å². The normalized spacial score (nSPS) is 16.6. The smallest absolute Gasteiger partial charge is 0.227 e. The van der Waals surface area contributed by atoms with Gasteiger partial charge in [-0.05, 0) is 29.5 Å². The van der Waals surface area contributed by atoms with Crippen LogP contribution in [0.1, 0.15) is 18.4 Å². The minimum Gasteiger partial charge on any atom is -0.472 e. The van der Waals surface area contributed by atoms with E-state index in [0.29, 0.717) is 18.8 Å². The molecular formula is C23H23N3O2. The highest BCUT2D eigenvalue weighted by Crippen LogP contribution is 2.21. The van der Waals surface area contributed by atoms with Crippen LogP contribution in [0.4, 0.5) is 0 Å². The third-order valence-electron chi connectivity index (χ3n) is 4.99. The van der Waals surface area contributed by atoms with Crippen molar-refractivity contribution in [2.24, 2.45) is 0 Å². The molecule has 1 unspecified atom stereocenters. The second-order valence-electron chi connectivity index (χ2n) is 7.01. The first kappa shape index (κ1) is 18.2. The number of ether oxygens (including phenoxy) is 1. The molecule has 1 saturated heterocycles. The molecule has 0 spiro atoms. The maximum atomic E-state index is 12.8. The van der Waals surface area contributed by atoms with Gasteiger partial charge in [0.15, 0.2) is 0 Å². The first-order chi connectivity index (χ1) is 13.8. The third-order valence-corrected chi connectivity index (χ3v) is 4.99. The maximum Gasteiger partial charge on any atom is 0.227 e. The number of amides is 1. The van der Waals surface area contributed by atoms with Crippen LogP contribution in [-0.2, 0) is 11.2 Å². The molecular weight excluding hydrogens is 350 g/mol. The SMILES string of the molecule is O=C(Cc1ccc(-c2ccccc2)cc1)N1CCCC(Oc2ccncn2)C1. The lowest BCUT2D eigenvalue weighted by Crippen LogP contribution is -2.45. The topological polar surface area (TPSA) is 55.3 Å². The van der Waals surface area contributed by atoms with E-state index in [1.165, 1.54) is 11.9 Å². The van der Waals surface area contributed by atoms with E-state index in [1.54, 1.807) is 12.3 Å². The average Bonchev–Trinajstić information content (AvgIpc) is 2.76. The number of carbonyl (C=O) groups excluding carboxylic acids is 1. The molecule has 1 aliphatic rings. The van der Waals surface area contributed by atoms with E-state index >= 15 is 0 Å². The Balaban J connectivity index is 1.35. The first-order valence-electron chi connectivity index (χ1n) is 9.63. The molecule has 142 valence electrons. The van der Waals surface area contributed by atoms with Crippen molar-refractivity contribution in [1.82, 2.24) is 14.9 Å². The van der Waals surface area contributed by atoms with Crippen LogP contribution in [0, 0.1) is 0 Å². The van der Waals surface area contributed by atoms with E-state index in [0.717, 1.165) is 30.5 Å². The standard InChI is InChI=1S/C23H23N3O2/c27-23(15-18-8-10-20(11-9-18)19-5-2-1-3-6-19)26-14-4-7-21(16-26)28-22-12-13-24-17-25-22/h1-3,5-6,8-13,17,21H,4,7,14-16H2. The summed E-state index contributed by atoms with van der Waals surface area (Å²) in [6.45, 7) is 1.38. The fourth-order valence-corrected chi connectivity index (χ4v) is 3.51. The average molecular weight is 373 g/mol. The minimum absolute atomic E-state index is 0.0203.